The normalized spacial score (nSPS) is 15.0. The zero-order valence-electron chi connectivity index (χ0n) is 16.3. The van der Waals surface area contributed by atoms with E-state index in [4.69, 9.17) is 4.74 Å². The Kier molecular flexibility index (Phi) is 6.56. The van der Waals surface area contributed by atoms with E-state index < -0.39 is 17.6 Å². The number of pyridine rings is 1. The predicted octanol–water partition coefficient (Wildman–Crippen LogP) is 2.40. The quantitative estimate of drug-likeness (QED) is 0.801. The number of alkyl halides is 3. The summed E-state index contributed by atoms with van der Waals surface area (Å²) in [6.45, 7) is 2.57. The van der Waals surface area contributed by atoms with Crippen LogP contribution in [-0.2, 0) is 11.0 Å². The number of halogens is 3. The second-order valence-corrected chi connectivity index (χ2v) is 6.85. The predicted molar refractivity (Wildman–Crippen MR) is 102 cm³/mol. The third-order valence-corrected chi connectivity index (χ3v) is 4.67. The molecule has 1 aliphatic heterocycles. The first-order valence-electron chi connectivity index (χ1n) is 9.28. The SMILES string of the molecule is CN1CCN(C(=O)CNC(=O)c2cccnc2Oc2ccc(C(F)(F)F)cc2)CC1. The molecule has 0 spiro atoms. The molecular formula is C20H21F3N4O3. The molecule has 2 amide bonds. The number of amides is 2. The van der Waals surface area contributed by atoms with Crippen LogP contribution >= 0.6 is 0 Å². The molecule has 0 atom stereocenters. The highest BCUT2D eigenvalue weighted by Crippen LogP contribution is 2.31. The number of aromatic nitrogens is 1. The van der Waals surface area contributed by atoms with E-state index in [2.05, 4.69) is 15.2 Å². The summed E-state index contributed by atoms with van der Waals surface area (Å²) in [6.07, 6.45) is -3.06. The van der Waals surface area contributed by atoms with Crippen LogP contribution < -0.4 is 10.1 Å². The largest absolute Gasteiger partial charge is 0.438 e. The van der Waals surface area contributed by atoms with Gasteiger partial charge in [0.15, 0.2) is 0 Å². The van der Waals surface area contributed by atoms with E-state index in [0.29, 0.717) is 13.1 Å². The van der Waals surface area contributed by atoms with E-state index >= 15 is 0 Å². The lowest BCUT2D eigenvalue weighted by atomic mass is 10.2. The van der Waals surface area contributed by atoms with Gasteiger partial charge in [0, 0.05) is 32.4 Å². The Morgan fingerprint density at radius 3 is 2.40 bits per heavy atom. The first-order chi connectivity index (χ1) is 14.2. The second-order valence-electron chi connectivity index (χ2n) is 6.85. The van der Waals surface area contributed by atoms with Crippen LogP contribution in [0.25, 0.3) is 0 Å². The fourth-order valence-corrected chi connectivity index (χ4v) is 2.89. The van der Waals surface area contributed by atoms with Gasteiger partial charge in [0.2, 0.25) is 11.8 Å². The van der Waals surface area contributed by atoms with E-state index in [0.717, 1.165) is 37.4 Å². The lowest BCUT2D eigenvalue weighted by molar-refractivity contribution is -0.137. The molecule has 160 valence electrons. The maximum atomic E-state index is 12.7. The van der Waals surface area contributed by atoms with Crippen LogP contribution in [0.4, 0.5) is 13.2 Å². The van der Waals surface area contributed by atoms with E-state index in [9.17, 15) is 22.8 Å². The topological polar surface area (TPSA) is 74.8 Å². The van der Waals surface area contributed by atoms with E-state index in [1.165, 1.54) is 18.3 Å². The maximum Gasteiger partial charge on any atom is 0.416 e. The molecule has 2 aromatic rings. The molecule has 1 aromatic heterocycles. The second kappa shape index (κ2) is 9.12. The summed E-state index contributed by atoms with van der Waals surface area (Å²) in [5.74, 6) is -0.718. The van der Waals surface area contributed by atoms with Crippen molar-refractivity contribution in [1.82, 2.24) is 20.1 Å². The average molecular weight is 422 g/mol. The van der Waals surface area contributed by atoms with Crippen molar-refractivity contribution in [3.63, 3.8) is 0 Å². The van der Waals surface area contributed by atoms with Gasteiger partial charge in [0.1, 0.15) is 11.3 Å². The number of hydrogen-bond donors (Lipinski definition) is 1. The van der Waals surface area contributed by atoms with Gasteiger partial charge in [-0.3, -0.25) is 9.59 Å². The van der Waals surface area contributed by atoms with Gasteiger partial charge in [0.25, 0.3) is 5.91 Å². The van der Waals surface area contributed by atoms with Crippen LogP contribution in [0.15, 0.2) is 42.6 Å². The van der Waals surface area contributed by atoms with Crippen molar-refractivity contribution in [3.8, 4) is 11.6 Å². The molecule has 0 radical (unpaired) electrons. The molecule has 7 nitrogen and oxygen atoms in total. The molecule has 1 saturated heterocycles. The Bertz CT molecular complexity index is 895. The fraction of sp³-hybridized carbons (Fsp3) is 0.350. The Labute approximate surface area is 171 Å². The lowest BCUT2D eigenvalue weighted by Gasteiger charge is -2.32. The van der Waals surface area contributed by atoms with Crippen LogP contribution in [0.1, 0.15) is 15.9 Å². The zero-order valence-corrected chi connectivity index (χ0v) is 16.3. The van der Waals surface area contributed by atoms with E-state index in [1.54, 1.807) is 4.90 Å². The molecule has 30 heavy (non-hydrogen) atoms. The summed E-state index contributed by atoms with van der Waals surface area (Å²) in [4.78, 5) is 32.6. The van der Waals surface area contributed by atoms with Gasteiger partial charge >= 0.3 is 6.18 Å². The lowest BCUT2D eigenvalue weighted by Crippen LogP contribution is -2.50. The molecule has 1 aromatic carbocycles. The third-order valence-electron chi connectivity index (χ3n) is 4.67. The molecule has 1 N–H and O–H groups in total. The van der Waals surface area contributed by atoms with Gasteiger partial charge in [-0.25, -0.2) is 4.98 Å². The minimum absolute atomic E-state index is 0.0678. The summed E-state index contributed by atoms with van der Waals surface area (Å²) >= 11 is 0. The van der Waals surface area contributed by atoms with Crippen molar-refractivity contribution < 1.29 is 27.5 Å². The molecule has 0 unspecified atom stereocenters. The number of likely N-dealkylation sites (N-methyl/N-ethyl adjacent to an activating group) is 1. The van der Waals surface area contributed by atoms with Crippen LogP contribution in [0.5, 0.6) is 11.6 Å². The number of nitrogens with zero attached hydrogens (tertiary/aromatic N) is 3. The van der Waals surface area contributed by atoms with Crippen molar-refractivity contribution in [2.75, 3.05) is 39.8 Å². The number of ether oxygens (including phenoxy) is 1. The van der Waals surface area contributed by atoms with Crippen molar-refractivity contribution in [1.29, 1.82) is 0 Å². The molecule has 0 bridgehead atoms. The number of benzene rings is 1. The van der Waals surface area contributed by atoms with Crippen LogP contribution in [0.2, 0.25) is 0 Å². The van der Waals surface area contributed by atoms with Crippen LogP contribution in [0, 0.1) is 0 Å². The highest BCUT2D eigenvalue weighted by Gasteiger charge is 2.30. The van der Waals surface area contributed by atoms with Crippen LogP contribution in [-0.4, -0.2) is 66.4 Å². The Hall–Kier alpha value is -3.14. The number of rotatable bonds is 5. The number of carbonyl (C=O) groups excluding carboxylic acids is 2. The summed E-state index contributed by atoms with van der Waals surface area (Å²) in [5, 5.41) is 2.55. The molecule has 1 aliphatic rings. The number of hydrogen-bond acceptors (Lipinski definition) is 5. The Morgan fingerprint density at radius 1 is 1.10 bits per heavy atom. The Balaban J connectivity index is 1.63. The zero-order chi connectivity index (χ0) is 21.7. The standard InChI is InChI=1S/C20H21F3N4O3/c1-26-9-11-27(12-10-26)17(28)13-25-18(29)16-3-2-8-24-19(16)30-15-6-4-14(5-7-15)20(21,22)23/h2-8H,9-13H2,1H3,(H,25,29). The first-order valence-corrected chi connectivity index (χ1v) is 9.28. The average Bonchev–Trinajstić information content (AvgIpc) is 2.72. The van der Waals surface area contributed by atoms with Crippen molar-refractivity contribution in [2.45, 2.75) is 6.18 Å². The summed E-state index contributed by atoms with van der Waals surface area (Å²) in [6, 6.07) is 7.05. The highest BCUT2D eigenvalue weighted by atomic mass is 19.4. The minimum atomic E-state index is -4.45. The van der Waals surface area contributed by atoms with Crippen molar-refractivity contribution in [3.05, 3.63) is 53.7 Å². The van der Waals surface area contributed by atoms with Gasteiger partial charge < -0.3 is 19.9 Å². The van der Waals surface area contributed by atoms with Crippen LogP contribution in [0.3, 0.4) is 0 Å². The highest BCUT2D eigenvalue weighted by molar-refractivity contribution is 5.98. The molecule has 10 heteroatoms. The van der Waals surface area contributed by atoms with Gasteiger partial charge in [0.05, 0.1) is 12.1 Å². The number of carbonyl (C=O) groups is 2. The molecule has 0 saturated carbocycles. The van der Waals surface area contributed by atoms with Gasteiger partial charge in [-0.15, -0.1) is 0 Å². The van der Waals surface area contributed by atoms with Gasteiger partial charge in [-0.2, -0.15) is 13.2 Å². The molecule has 2 heterocycles. The fourth-order valence-electron chi connectivity index (χ4n) is 2.89. The van der Waals surface area contributed by atoms with Gasteiger partial charge in [-0.05, 0) is 43.4 Å². The minimum Gasteiger partial charge on any atom is -0.438 e. The third kappa shape index (κ3) is 5.47. The monoisotopic (exact) mass is 422 g/mol. The summed E-state index contributed by atoms with van der Waals surface area (Å²) in [5.41, 5.74) is -0.736. The molecule has 0 aliphatic carbocycles. The van der Waals surface area contributed by atoms with Crippen molar-refractivity contribution >= 4 is 11.8 Å². The van der Waals surface area contributed by atoms with Crippen molar-refractivity contribution in [2.24, 2.45) is 0 Å². The smallest absolute Gasteiger partial charge is 0.416 e. The first kappa shape index (κ1) is 21.6. The van der Waals surface area contributed by atoms with E-state index in [1.807, 2.05) is 7.05 Å². The number of nitrogens with one attached hydrogen (secondary N) is 1. The maximum absolute atomic E-state index is 12.7. The number of piperazine rings is 1. The summed E-state index contributed by atoms with van der Waals surface area (Å²) < 4.78 is 43.5. The molecule has 3 rings (SSSR count). The van der Waals surface area contributed by atoms with E-state index in [-0.39, 0.29) is 29.6 Å². The Morgan fingerprint density at radius 2 is 1.77 bits per heavy atom. The molecular weight excluding hydrogens is 401 g/mol. The summed E-state index contributed by atoms with van der Waals surface area (Å²) in [7, 11) is 1.98. The van der Waals surface area contributed by atoms with Gasteiger partial charge in [-0.1, -0.05) is 0 Å². The molecule has 1 fully saturated rings.